The molecular formula is C14H19N3O. The molecular weight excluding hydrogens is 226 g/mol. The molecule has 1 saturated heterocycles. The van der Waals surface area contributed by atoms with Gasteiger partial charge in [-0.15, -0.1) is 0 Å². The van der Waals surface area contributed by atoms with Crippen LogP contribution in [0.2, 0.25) is 0 Å². The molecule has 1 amide bonds. The number of rotatable bonds is 3. The first-order valence-electron chi connectivity index (χ1n) is 6.67. The van der Waals surface area contributed by atoms with Gasteiger partial charge in [0, 0.05) is 12.6 Å². The summed E-state index contributed by atoms with van der Waals surface area (Å²) in [6.45, 7) is 2.62. The van der Waals surface area contributed by atoms with Crippen LogP contribution in [0.15, 0.2) is 24.3 Å². The quantitative estimate of drug-likeness (QED) is 0.720. The van der Waals surface area contributed by atoms with Crippen LogP contribution in [-0.4, -0.2) is 31.6 Å². The molecule has 2 atom stereocenters. The summed E-state index contributed by atoms with van der Waals surface area (Å²) in [6, 6.07) is 8.76. The predicted octanol–water partition coefficient (Wildman–Crippen LogP) is 0.351. The summed E-state index contributed by atoms with van der Waals surface area (Å²) in [5.74, 6) is 0.131. The average Bonchev–Trinajstić information content (AvgIpc) is 2.34. The van der Waals surface area contributed by atoms with E-state index in [1.54, 1.807) is 0 Å². The van der Waals surface area contributed by atoms with Gasteiger partial charge in [0.25, 0.3) is 0 Å². The van der Waals surface area contributed by atoms with E-state index in [2.05, 4.69) is 40.2 Å². The average molecular weight is 245 g/mol. The first-order valence-corrected chi connectivity index (χ1v) is 6.67. The van der Waals surface area contributed by atoms with Gasteiger partial charge in [0.05, 0.1) is 6.04 Å². The van der Waals surface area contributed by atoms with E-state index in [-0.39, 0.29) is 18.0 Å². The Morgan fingerprint density at radius 3 is 2.89 bits per heavy atom. The van der Waals surface area contributed by atoms with Crippen molar-refractivity contribution in [3.8, 4) is 0 Å². The number of hydrogen-bond donors (Lipinski definition) is 3. The minimum absolute atomic E-state index is 0.0313. The van der Waals surface area contributed by atoms with E-state index in [1.807, 2.05) is 0 Å². The van der Waals surface area contributed by atoms with E-state index in [1.165, 1.54) is 11.1 Å². The first kappa shape index (κ1) is 11.7. The Morgan fingerprint density at radius 1 is 1.28 bits per heavy atom. The predicted molar refractivity (Wildman–Crippen MR) is 70.3 cm³/mol. The van der Waals surface area contributed by atoms with Gasteiger partial charge < -0.3 is 16.0 Å². The largest absolute Gasteiger partial charge is 0.353 e. The number of fused-ring (bicyclic) bond motifs is 1. The Morgan fingerprint density at radius 2 is 2.11 bits per heavy atom. The number of amides is 1. The van der Waals surface area contributed by atoms with E-state index in [0.717, 1.165) is 25.9 Å². The van der Waals surface area contributed by atoms with Crippen LogP contribution in [0.25, 0.3) is 0 Å². The molecule has 1 aromatic rings. The van der Waals surface area contributed by atoms with Gasteiger partial charge in [0.2, 0.25) is 5.91 Å². The highest BCUT2D eigenvalue weighted by molar-refractivity contribution is 5.82. The summed E-state index contributed by atoms with van der Waals surface area (Å²) >= 11 is 0. The zero-order valence-corrected chi connectivity index (χ0v) is 10.4. The number of nitrogens with one attached hydrogen (secondary N) is 3. The monoisotopic (exact) mass is 245 g/mol. The third-order valence-electron chi connectivity index (χ3n) is 3.84. The molecule has 2 aliphatic heterocycles. The van der Waals surface area contributed by atoms with Gasteiger partial charge in [-0.05, 0) is 37.1 Å². The molecule has 0 spiro atoms. The molecule has 3 N–H and O–H groups in total. The number of hydrogen-bond acceptors (Lipinski definition) is 3. The van der Waals surface area contributed by atoms with Crippen molar-refractivity contribution in [3.05, 3.63) is 35.4 Å². The third-order valence-corrected chi connectivity index (χ3v) is 3.84. The molecule has 0 aliphatic carbocycles. The standard InChI is InChI=1S/C14H19N3O/c18-14(12-6-8-15-12)17-9-13-11-4-2-1-3-10(11)5-7-16-13/h1-4,12-13,15-16H,5-9H2,(H,17,18)/t12-,13?/m1/s1. The molecule has 0 saturated carbocycles. The normalized spacial score (nSPS) is 26.0. The maximum atomic E-state index is 11.8. The van der Waals surface area contributed by atoms with Crippen LogP contribution in [0.4, 0.5) is 0 Å². The van der Waals surface area contributed by atoms with Crippen LogP contribution in [0.5, 0.6) is 0 Å². The highest BCUT2D eigenvalue weighted by atomic mass is 16.2. The summed E-state index contributed by atoms with van der Waals surface area (Å²) in [5.41, 5.74) is 2.72. The molecule has 4 nitrogen and oxygen atoms in total. The maximum absolute atomic E-state index is 11.8. The smallest absolute Gasteiger partial charge is 0.237 e. The Hall–Kier alpha value is -1.39. The second-order valence-electron chi connectivity index (χ2n) is 5.00. The lowest BCUT2D eigenvalue weighted by atomic mass is 9.94. The Kier molecular flexibility index (Phi) is 3.30. The first-order chi connectivity index (χ1) is 8.84. The van der Waals surface area contributed by atoms with E-state index >= 15 is 0 Å². The Labute approximate surface area is 107 Å². The number of carbonyl (C=O) groups is 1. The maximum Gasteiger partial charge on any atom is 0.237 e. The van der Waals surface area contributed by atoms with Crippen LogP contribution in [0.3, 0.4) is 0 Å². The molecule has 1 aromatic carbocycles. The molecule has 4 heteroatoms. The fourth-order valence-corrected chi connectivity index (χ4v) is 2.61. The zero-order valence-electron chi connectivity index (χ0n) is 10.4. The van der Waals surface area contributed by atoms with Crippen LogP contribution in [0.1, 0.15) is 23.6 Å². The number of benzene rings is 1. The third kappa shape index (κ3) is 2.26. The van der Waals surface area contributed by atoms with Crippen molar-refractivity contribution in [2.75, 3.05) is 19.6 Å². The SMILES string of the molecule is O=C(NCC1NCCc2ccccc21)[C@H]1CCN1. The molecule has 2 aliphatic rings. The molecule has 0 radical (unpaired) electrons. The van der Waals surface area contributed by atoms with Gasteiger partial charge >= 0.3 is 0 Å². The van der Waals surface area contributed by atoms with Crippen molar-refractivity contribution >= 4 is 5.91 Å². The molecule has 2 heterocycles. The van der Waals surface area contributed by atoms with Gasteiger partial charge in [-0.25, -0.2) is 0 Å². The second kappa shape index (κ2) is 5.08. The van der Waals surface area contributed by atoms with E-state index in [9.17, 15) is 4.79 Å². The van der Waals surface area contributed by atoms with Gasteiger partial charge in [0.15, 0.2) is 0 Å². The van der Waals surface area contributed by atoms with E-state index in [4.69, 9.17) is 0 Å². The van der Waals surface area contributed by atoms with Crippen molar-refractivity contribution in [1.29, 1.82) is 0 Å². The molecule has 18 heavy (non-hydrogen) atoms. The van der Waals surface area contributed by atoms with Crippen LogP contribution in [-0.2, 0) is 11.2 Å². The lowest BCUT2D eigenvalue weighted by molar-refractivity contribution is -0.124. The fraction of sp³-hybridized carbons (Fsp3) is 0.500. The molecule has 0 bridgehead atoms. The molecule has 3 rings (SSSR count). The van der Waals surface area contributed by atoms with Gasteiger partial charge in [-0.3, -0.25) is 4.79 Å². The van der Waals surface area contributed by atoms with Gasteiger partial charge in [-0.2, -0.15) is 0 Å². The van der Waals surface area contributed by atoms with E-state index in [0.29, 0.717) is 6.54 Å². The Bertz CT molecular complexity index is 442. The molecule has 96 valence electrons. The topological polar surface area (TPSA) is 53.2 Å². The highest BCUT2D eigenvalue weighted by Crippen LogP contribution is 2.21. The summed E-state index contributed by atoms with van der Waals surface area (Å²) in [6.07, 6.45) is 2.03. The summed E-state index contributed by atoms with van der Waals surface area (Å²) in [5, 5.41) is 9.62. The van der Waals surface area contributed by atoms with Crippen molar-refractivity contribution in [2.45, 2.75) is 24.9 Å². The minimum atomic E-state index is 0.0313. The van der Waals surface area contributed by atoms with Crippen molar-refractivity contribution in [1.82, 2.24) is 16.0 Å². The zero-order chi connectivity index (χ0) is 12.4. The summed E-state index contributed by atoms with van der Waals surface area (Å²) in [4.78, 5) is 11.8. The number of carbonyl (C=O) groups excluding carboxylic acids is 1. The van der Waals surface area contributed by atoms with Gasteiger partial charge in [0.1, 0.15) is 0 Å². The fourth-order valence-electron chi connectivity index (χ4n) is 2.61. The van der Waals surface area contributed by atoms with Crippen molar-refractivity contribution in [2.24, 2.45) is 0 Å². The lowest BCUT2D eigenvalue weighted by Gasteiger charge is -2.30. The van der Waals surface area contributed by atoms with Gasteiger partial charge in [-0.1, -0.05) is 24.3 Å². The molecule has 0 aromatic heterocycles. The van der Waals surface area contributed by atoms with Crippen LogP contribution < -0.4 is 16.0 Å². The Balaban J connectivity index is 1.61. The van der Waals surface area contributed by atoms with Crippen molar-refractivity contribution < 1.29 is 4.79 Å². The summed E-state index contributed by atoms with van der Waals surface area (Å²) in [7, 11) is 0. The van der Waals surface area contributed by atoms with Crippen LogP contribution >= 0.6 is 0 Å². The minimum Gasteiger partial charge on any atom is -0.353 e. The lowest BCUT2D eigenvalue weighted by Crippen LogP contribution is -2.54. The highest BCUT2D eigenvalue weighted by Gasteiger charge is 2.26. The molecule has 1 unspecified atom stereocenters. The summed E-state index contributed by atoms with van der Waals surface area (Å²) < 4.78 is 0. The second-order valence-corrected chi connectivity index (χ2v) is 5.00. The van der Waals surface area contributed by atoms with E-state index < -0.39 is 0 Å². The van der Waals surface area contributed by atoms with Crippen molar-refractivity contribution in [3.63, 3.8) is 0 Å². The molecule has 1 fully saturated rings. The van der Waals surface area contributed by atoms with Crippen LogP contribution in [0, 0.1) is 0 Å².